The third-order valence-electron chi connectivity index (χ3n) is 5.86. The minimum absolute atomic E-state index is 0.129. The van der Waals surface area contributed by atoms with Crippen LogP contribution in [-0.4, -0.2) is 74.2 Å². The Morgan fingerprint density at radius 2 is 1.68 bits per heavy atom. The zero-order chi connectivity index (χ0) is 22.7. The van der Waals surface area contributed by atoms with Crippen molar-refractivity contribution in [2.24, 2.45) is 0 Å². The van der Waals surface area contributed by atoms with Crippen LogP contribution in [0.5, 0.6) is 0 Å². The molecule has 0 spiro atoms. The molecule has 1 aliphatic rings. The van der Waals surface area contributed by atoms with Crippen LogP contribution in [0.15, 0.2) is 0 Å². The number of carbonyl (C=O) groups is 2. The summed E-state index contributed by atoms with van der Waals surface area (Å²) >= 11 is 0. The second-order valence-corrected chi connectivity index (χ2v) is 9.01. The predicted molar refractivity (Wildman–Crippen MR) is 126 cm³/mol. The van der Waals surface area contributed by atoms with E-state index in [0.717, 1.165) is 45.4 Å². The summed E-state index contributed by atoms with van der Waals surface area (Å²) in [6.07, 6.45) is 13.8. The minimum atomic E-state index is -0.274. The van der Waals surface area contributed by atoms with Crippen molar-refractivity contribution in [3.8, 4) is 0 Å². The normalized spacial score (nSPS) is 15.1. The summed E-state index contributed by atoms with van der Waals surface area (Å²) in [5.41, 5.74) is 0. The summed E-state index contributed by atoms with van der Waals surface area (Å²) < 4.78 is 11.4. The lowest BCUT2D eigenvalue weighted by Crippen LogP contribution is -2.42. The van der Waals surface area contributed by atoms with Gasteiger partial charge in [0.2, 0.25) is 5.91 Å². The van der Waals surface area contributed by atoms with Gasteiger partial charge >= 0.3 is 5.97 Å². The van der Waals surface area contributed by atoms with Crippen LogP contribution in [0.2, 0.25) is 0 Å². The van der Waals surface area contributed by atoms with Gasteiger partial charge < -0.3 is 19.3 Å². The van der Waals surface area contributed by atoms with Crippen LogP contribution in [-0.2, 0) is 19.1 Å². The highest BCUT2D eigenvalue weighted by Gasteiger charge is 2.26. The van der Waals surface area contributed by atoms with Crippen LogP contribution in [0.1, 0.15) is 97.3 Å². The first-order valence-electron chi connectivity index (χ1n) is 12.8. The first-order chi connectivity index (χ1) is 15.1. The fourth-order valence-corrected chi connectivity index (χ4v) is 4.01. The zero-order valence-electron chi connectivity index (χ0n) is 20.5. The highest BCUT2D eigenvalue weighted by molar-refractivity contribution is 5.78. The topological polar surface area (TPSA) is 59.1 Å². The van der Waals surface area contributed by atoms with Crippen LogP contribution >= 0.6 is 0 Å². The Labute approximate surface area is 191 Å². The smallest absolute Gasteiger partial charge is 0.306 e. The molecule has 1 amide bonds. The Bertz CT molecular complexity index is 472. The first-order valence-corrected chi connectivity index (χ1v) is 12.8. The number of unbranched alkanes of at least 4 members (excludes halogenated alkanes) is 8. The Morgan fingerprint density at radius 3 is 2.29 bits per heavy atom. The molecule has 1 aliphatic heterocycles. The third-order valence-corrected chi connectivity index (χ3v) is 5.86. The molecule has 182 valence electrons. The van der Waals surface area contributed by atoms with E-state index in [0.29, 0.717) is 32.5 Å². The molecule has 1 heterocycles. The highest BCUT2D eigenvalue weighted by atomic mass is 16.5. The summed E-state index contributed by atoms with van der Waals surface area (Å²) in [6.45, 7) is 8.48. The first kappa shape index (κ1) is 27.9. The van der Waals surface area contributed by atoms with Gasteiger partial charge in [0.25, 0.3) is 0 Å². The van der Waals surface area contributed by atoms with Gasteiger partial charge in [-0.15, -0.1) is 0 Å². The van der Waals surface area contributed by atoms with Crippen molar-refractivity contribution in [3.63, 3.8) is 0 Å². The molecule has 0 aromatic heterocycles. The standard InChI is InChI=1S/C25H48N2O4/c1-4-6-7-8-9-10-11-12-13-16-25(29)31-23(22-27-17-14-15-24(27)28)21-26(3)18-20-30-19-5-2/h23H,4-22H2,1-3H3. The fraction of sp³-hybridized carbons (Fsp3) is 0.920. The lowest BCUT2D eigenvalue weighted by molar-refractivity contribution is -0.152. The van der Waals surface area contributed by atoms with Gasteiger partial charge in [0.15, 0.2) is 0 Å². The number of likely N-dealkylation sites (N-methyl/N-ethyl adjacent to an activating group) is 1. The molecule has 0 bridgehead atoms. The van der Waals surface area contributed by atoms with E-state index in [1.54, 1.807) is 0 Å². The third kappa shape index (κ3) is 14.5. The number of rotatable bonds is 20. The number of likely N-dealkylation sites (tertiary alicyclic amines) is 1. The molecular formula is C25H48N2O4. The van der Waals surface area contributed by atoms with Crippen LogP contribution in [0.4, 0.5) is 0 Å². The monoisotopic (exact) mass is 440 g/mol. The molecule has 0 radical (unpaired) electrons. The zero-order valence-corrected chi connectivity index (χ0v) is 20.5. The number of carbonyl (C=O) groups excluding carboxylic acids is 2. The number of ether oxygens (including phenoxy) is 2. The van der Waals surface area contributed by atoms with Crippen molar-refractivity contribution in [3.05, 3.63) is 0 Å². The SMILES string of the molecule is CCCCCCCCCCCC(=O)OC(CN(C)CCOCCC)CN1CCCC1=O. The van der Waals surface area contributed by atoms with E-state index in [9.17, 15) is 9.59 Å². The fourth-order valence-electron chi connectivity index (χ4n) is 4.01. The molecule has 0 saturated carbocycles. The molecular weight excluding hydrogens is 392 g/mol. The molecule has 0 aromatic rings. The second kappa shape index (κ2) is 18.4. The molecule has 1 saturated heterocycles. The van der Waals surface area contributed by atoms with E-state index in [1.807, 2.05) is 11.9 Å². The predicted octanol–water partition coefficient (Wildman–Crippen LogP) is 4.80. The number of amides is 1. The van der Waals surface area contributed by atoms with Crippen LogP contribution in [0.25, 0.3) is 0 Å². The Kier molecular flexibility index (Phi) is 16.6. The average molecular weight is 441 g/mol. The van der Waals surface area contributed by atoms with Crippen molar-refractivity contribution in [1.29, 1.82) is 0 Å². The second-order valence-electron chi connectivity index (χ2n) is 9.01. The van der Waals surface area contributed by atoms with Crippen LogP contribution < -0.4 is 0 Å². The van der Waals surface area contributed by atoms with Gasteiger partial charge in [0.1, 0.15) is 6.10 Å². The average Bonchev–Trinajstić information content (AvgIpc) is 3.14. The van der Waals surface area contributed by atoms with Gasteiger partial charge in [0, 0.05) is 39.1 Å². The summed E-state index contributed by atoms with van der Waals surface area (Å²) in [5, 5.41) is 0. The molecule has 1 atom stereocenters. The van der Waals surface area contributed by atoms with Gasteiger partial charge in [-0.1, -0.05) is 65.2 Å². The molecule has 6 heteroatoms. The summed E-state index contributed by atoms with van der Waals surface area (Å²) in [5.74, 6) is 0.0455. The van der Waals surface area contributed by atoms with E-state index < -0.39 is 0 Å². The molecule has 1 fully saturated rings. The number of esters is 1. The van der Waals surface area contributed by atoms with E-state index in [2.05, 4.69) is 18.7 Å². The maximum absolute atomic E-state index is 12.4. The van der Waals surface area contributed by atoms with E-state index >= 15 is 0 Å². The number of hydrogen-bond donors (Lipinski definition) is 0. The Balaban J connectivity index is 2.29. The van der Waals surface area contributed by atoms with E-state index in [4.69, 9.17) is 9.47 Å². The summed E-state index contributed by atoms with van der Waals surface area (Å²) in [6, 6.07) is 0. The van der Waals surface area contributed by atoms with Crippen LogP contribution in [0.3, 0.4) is 0 Å². The molecule has 0 aromatic carbocycles. The molecule has 0 N–H and O–H groups in total. The van der Waals surface area contributed by atoms with Crippen LogP contribution in [0, 0.1) is 0 Å². The Morgan fingerprint density at radius 1 is 1.00 bits per heavy atom. The summed E-state index contributed by atoms with van der Waals surface area (Å²) in [7, 11) is 2.02. The quantitative estimate of drug-likeness (QED) is 0.201. The van der Waals surface area contributed by atoms with Crippen molar-refractivity contribution < 1.29 is 19.1 Å². The van der Waals surface area contributed by atoms with Gasteiger partial charge in [-0.2, -0.15) is 0 Å². The van der Waals surface area contributed by atoms with Crippen molar-refractivity contribution >= 4 is 11.9 Å². The lowest BCUT2D eigenvalue weighted by atomic mass is 10.1. The largest absolute Gasteiger partial charge is 0.459 e. The van der Waals surface area contributed by atoms with E-state index in [1.165, 1.54) is 44.9 Å². The van der Waals surface area contributed by atoms with Crippen molar-refractivity contribution in [2.75, 3.05) is 46.4 Å². The number of nitrogens with zero attached hydrogens (tertiary/aromatic N) is 2. The maximum atomic E-state index is 12.4. The maximum Gasteiger partial charge on any atom is 0.306 e. The van der Waals surface area contributed by atoms with Gasteiger partial charge in [-0.25, -0.2) is 0 Å². The molecule has 1 rings (SSSR count). The van der Waals surface area contributed by atoms with E-state index in [-0.39, 0.29) is 18.0 Å². The van der Waals surface area contributed by atoms with Gasteiger partial charge in [-0.05, 0) is 26.3 Å². The molecule has 1 unspecified atom stereocenters. The van der Waals surface area contributed by atoms with Gasteiger partial charge in [-0.3, -0.25) is 9.59 Å². The van der Waals surface area contributed by atoms with Gasteiger partial charge in [0.05, 0.1) is 13.2 Å². The van der Waals surface area contributed by atoms with Crippen molar-refractivity contribution in [2.45, 2.75) is 103 Å². The molecule has 0 aliphatic carbocycles. The minimum Gasteiger partial charge on any atom is -0.459 e. The number of hydrogen-bond acceptors (Lipinski definition) is 5. The summed E-state index contributed by atoms with van der Waals surface area (Å²) in [4.78, 5) is 28.4. The molecule has 6 nitrogen and oxygen atoms in total. The highest BCUT2D eigenvalue weighted by Crippen LogP contribution is 2.14. The van der Waals surface area contributed by atoms with Crippen molar-refractivity contribution in [1.82, 2.24) is 9.80 Å². The Hall–Kier alpha value is -1.14. The molecule has 31 heavy (non-hydrogen) atoms. The lowest BCUT2D eigenvalue weighted by Gasteiger charge is -2.28.